The Morgan fingerprint density at radius 3 is 2.78 bits per heavy atom. The highest BCUT2D eigenvalue weighted by Crippen LogP contribution is 2.17. The van der Waals surface area contributed by atoms with E-state index in [0.29, 0.717) is 6.54 Å². The van der Waals surface area contributed by atoms with Crippen molar-refractivity contribution >= 4 is 17.6 Å². The Bertz CT molecular complexity index is 481. The smallest absolute Gasteiger partial charge is 0.325 e. The van der Waals surface area contributed by atoms with Gasteiger partial charge in [0, 0.05) is 6.54 Å². The maximum atomic E-state index is 11.7. The molecule has 0 aromatic carbocycles. The number of amides is 1. The topological polar surface area (TPSA) is 116 Å². The molecule has 1 N–H and O–H groups in total. The Balaban J connectivity index is 2.93. The first-order valence-electron chi connectivity index (χ1n) is 5.06. The highest BCUT2D eigenvalue weighted by molar-refractivity contribution is 5.97. The van der Waals surface area contributed by atoms with Crippen molar-refractivity contribution in [1.82, 2.24) is 15.1 Å². The highest BCUT2D eigenvalue weighted by atomic mass is 16.6. The number of nitrogens with zero attached hydrogens (tertiary/aromatic N) is 3. The van der Waals surface area contributed by atoms with Crippen LogP contribution < -0.4 is 5.32 Å². The van der Waals surface area contributed by atoms with Crippen LogP contribution in [0.5, 0.6) is 0 Å². The lowest BCUT2D eigenvalue weighted by Crippen LogP contribution is -2.32. The normalized spacial score (nSPS) is 9.89. The molecule has 1 aromatic heterocycles. The molecule has 0 bridgehead atoms. The molecular weight excluding hydrogens is 244 g/mol. The van der Waals surface area contributed by atoms with Gasteiger partial charge in [-0.25, -0.2) is 0 Å². The monoisotopic (exact) mass is 256 g/mol. The van der Waals surface area contributed by atoms with Crippen LogP contribution in [0.25, 0.3) is 0 Å². The Labute approximate surface area is 102 Å². The molecule has 0 fully saturated rings. The van der Waals surface area contributed by atoms with Crippen LogP contribution in [0.4, 0.5) is 5.69 Å². The quantitative estimate of drug-likeness (QED) is 0.439. The molecule has 1 aromatic rings. The van der Waals surface area contributed by atoms with Crippen LogP contribution in [-0.2, 0) is 16.1 Å². The number of carbonyl (C=O) groups excluding carboxylic acids is 2. The van der Waals surface area contributed by atoms with Gasteiger partial charge in [0.15, 0.2) is 0 Å². The van der Waals surface area contributed by atoms with Gasteiger partial charge in [-0.2, -0.15) is 5.10 Å². The zero-order chi connectivity index (χ0) is 13.7. The van der Waals surface area contributed by atoms with Crippen LogP contribution in [0.1, 0.15) is 17.4 Å². The third-order valence-electron chi connectivity index (χ3n) is 2.15. The molecule has 0 spiro atoms. The molecule has 0 unspecified atom stereocenters. The molecule has 1 amide bonds. The maximum Gasteiger partial charge on any atom is 0.325 e. The fourth-order valence-corrected chi connectivity index (χ4v) is 1.29. The van der Waals surface area contributed by atoms with Crippen molar-refractivity contribution in [2.24, 2.45) is 0 Å². The van der Waals surface area contributed by atoms with E-state index < -0.39 is 22.5 Å². The van der Waals surface area contributed by atoms with Crippen LogP contribution in [0.3, 0.4) is 0 Å². The summed E-state index contributed by atoms with van der Waals surface area (Å²) in [5, 5.41) is 16.7. The lowest BCUT2D eigenvalue weighted by atomic mass is 10.3. The minimum absolute atomic E-state index is 0.189. The predicted molar refractivity (Wildman–Crippen MR) is 58.9 cm³/mol. The molecule has 0 saturated heterocycles. The van der Waals surface area contributed by atoms with E-state index in [4.69, 9.17) is 0 Å². The van der Waals surface area contributed by atoms with Gasteiger partial charge in [0.2, 0.25) is 5.69 Å². The van der Waals surface area contributed by atoms with Gasteiger partial charge in [-0.1, -0.05) is 0 Å². The Hall–Kier alpha value is -2.45. The second-order valence-electron chi connectivity index (χ2n) is 3.21. The number of methoxy groups -OCH3 is 1. The Morgan fingerprint density at radius 1 is 1.61 bits per heavy atom. The molecule has 18 heavy (non-hydrogen) atoms. The average Bonchev–Trinajstić information content (AvgIpc) is 2.79. The summed E-state index contributed by atoms with van der Waals surface area (Å²) in [7, 11) is 1.17. The standard InChI is InChI=1S/C9H12N4O5/c1-3-12-8(6(4-11-12)13(16)17)9(15)10-5-7(14)18-2/h4H,3,5H2,1-2H3,(H,10,15). The second-order valence-corrected chi connectivity index (χ2v) is 3.21. The van der Waals surface area contributed by atoms with E-state index in [2.05, 4.69) is 15.2 Å². The zero-order valence-electron chi connectivity index (χ0n) is 9.87. The number of ether oxygens (including phenoxy) is 1. The number of rotatable bonds is 5. The molecule has 0 saturated carbocycles. The van der Waals surface area contributed by atoms with E-state index in [0.717, 1.165) is 6.20 Å². The van der Waals surface area contributed by atoms with Crippen molar-refractivity contribution in [3.05, 3.63) is 22.0 Å². The van der Waals surface area contributed by atoms with E-state index in [1.165, 1.54) is 11.8 Å². The van der Waals surface area contributed by atoms with Crippen LogP contribution in [0, 0.1) is 10.1 Å². The first-order chi connectivity index (χ1) is 8.51. The number of esters is 1. The molecule has 0 atom stereocenters. The highest BCUT2D eigenvalue weighted by Gasteiger charge is 2.26. The molecule has 0 aliphatic carbocycles. The van der Waals surface area contributed by atoms with Crippen LogP contribution >= 0.6 is 0 Å². The van der Waals surface area contributed by atoms with Crippen molar-refractivity contribution < 1.29 is 19.2 Å². The third-order valence-corrected chi connectivity index (χ3v) is 2.15. The summed E-state index contributed by atoms with van der Waals surface area (Å²) in [5.74, 6) is -1.39. The van der Waals surface area contributed by atoms with E-state index in [-0.39, 0.29) is 12.2 Å². The van der Waals surface area contributed by atoms with Crippen LogP contribution in [0.15, 0.2) is 6.20 Å². The number of aromatic nitrogens is 2. The molecule has 0 aliphatic heterocycles. The first-order valence-corrected chi connectivity index (χ1v) is 5.06. The maximum absolute atomic E-state index is 11.7. The molecule has 0 radical (unpaired) electrons. The van der Waals surface area contributed by atoms with E-state index in [1.807, 2.05) is 0 Å². The van der Waals surface area contributed by atoms with Gasteiger partial charge in [-0.3, -0.25) is 24.4 Å². The summed E-state index contributed by atoms with van der Waals surface area (Å²) in [4.78, 5) is 32.6. The van der Waals surface area contributed by atoms with Crippen molar-refractivity contribution in [2.75, 3.05) is 13.7 Å². The van der Waals surface area contributed by atoms with Crippen molar-refractivity contribution in [1.29, 1.82) is 0 Å². The first kappa shape index (κ1) is 13.6. The summed E-state index contributed by atoms with van der Waals surface area (Å²) in [6.45, 7) is 1.63. The summed E-state index contributed by atoms with van der Waals surface area (Å²) >= 11 is 0. The van der Waals surface area contributed by atoms with E-state index >= 15 is 0 Å². The summed E-state index contributed by atoms with van der Waals surface area (Å²) in [6, 6.07) is 0. The van der Waals surface area contributed by atoms with Gasteiger partial charge in [0.1, 0.15) is 12.7 Å². The van der Waals surface area contributed by atoms with Crippen LogP contribution in [-0.4, -0.2) is 40.2 Å². The minimum Gasteiger partial charge on any atom is -0.468 e. The predicted octanol–water partition coefficient (Wildman–Crippen LogP) is -0.286. The summed E-state index contributed by atoms with van der Waals surface area (Å²) < 4.78 is 5.53. The SMILES string of the molecule is CCn1ncc([N+](=O)[O-])c1C(=O)NCC(=O)OC. The van der Waals surface area contributed by atoms with Gasteiger partial charge in [0.25, 0.3) is 5.91 Å². The van der Waals surface area contributed by atoms with Gasteiger partial charge in [0.05, 0.1) is 12.0 Å². The van der Waals surface area contributed by atoms with Crippen molar-refractivity contribution in [3.63, 3.8) is 0 Å². The second kappa shape index (κ2) is 5.75. The van der Waals surface area contributed by atoms with E-state index in [9.17, 15) is 19.7 Å². The molecular formula is C9H12N4O5. The summed E-state index contributed by atoms with van der Waals surface area (Å²) in [6.07, 6.45) is 0.997. The number of carbonyl (C=O) groups is 2. The Kier molecular flexibility index (Phi) is 4.35. The molecule has 9 heteroatoms. The number of aryl methyl sites for hydroxylation is 1. The zero-order valence-corrected chi connectivity index (χ0v) is 9.87. The molecule has 1 rings (SSSR count). The summed E-state index contributed by atoms with van der Waals surface area (Å²) in [5.41, 5.74) is -0.592. The average molecular weight is 256 g/mol. The van der Waals surface area contributed by atoms with Gasteiger partial charge in [-0.05, 0) is 6.92 Å². The molecule has 1 heterocycles. The van der Waals surface area contributed by atoms with Gasteiger partial charge >= 0.3 is 11.7 Å². The Morgan fingerprint density at radius 2 is 2.28 bits per heavy atom. The molecule has 98 valence electrons. The minimum atomic E-state index is -0.744. The molecule has 0 aliphatic rings. The lowest BCUT2D eigenvalue weighted by Gasteiger charge is -2.05. The van der Waals surface area contributed by atoms with Crippen LogP contribution in [0.2, 0.25) is 0 Å². The number of hydrogen-bond donors (Lipinski definition) is 1. The fourth-order valence-electron chi connectivity index (χ4n) is 1.29. The third kappa shape index (κ3) is 2.81. The van der Waals surface area contributed by atoms with Gasteiger partial charge < -0.3 is 10.1 Å². The van der Waals surface area contributed by atoms with E-state index in [1.54, 1.807) is 6.92 Å². The largest absolute Gasteiger partial charge is 0.468 e. The lowest BCUT2D eigenvalue weighted by molar-refractivity contribution is -0.385. The van der Waals surface area contributed by atoms with Crippen molar-refractivity contribution in [3.8, 4) is 0 Å². The number of hydrogen-bond acceptors (Lipinski definition) is 6. The van der Waals surface area contributed by atoms with Crippen molar-refractivity contribution in [2.45, 2.75) is 13.5 Å². The molecule has 9 nitrogen and oxygen atoms in total. The van der Waals surface area contributed by atoms with Gasteiger partial charge in [-0.15, -0.1) is 0 Å². The fraction of sp³-hybridized carbons (Fsp3) is 0.444. The number of nitro groups is 1. The number of nitrogens with one attached hydrogen (secondary N) is 1.